The fourth-order valence-electron chi connectivity index (χ4n) is 2.56. The minimum absolute atomic E-state index is 0.209. The van der Waals surface area contributed by atoms with Crippen LogP contribution < -0.4 is 0 Å². The summed E-state index contributed by atoms with van der Waals surface area (Å²) < 4.78 is 13.3. The van der Waals surface area contributed by atoms with Gasteiger partial charge in [-0.25, -0.2) is 4.39 Å². The van der Waals surface area contributed by atoms with Crippen molar-refractivity contribution in [2.45, 2.75) is 32.4 Å². The van der Waals surface area contributed by atoms with Crippen LogP contribution in [0.1, 0.15) is 25.3 Å². The van der Waals surface area contributed by atoms with Crippen LogP contribution in [0.5, 0.6) is 0 Å². The molecule has 2 rings (SSSR count). The molecule has 2 unspecified atom stereocenters. The van der Waals surface area contributed by atoms with E-state index in [0.29, 0.717) is 6.42 Å². The summed E-state index contributed by atoms with van der Waals surface area (Å²) >= 11 is 0. The number of hydrogen-bond donors (Lipinski definition) is 0. The number of piperidine rings is 1. The average Bonchev–Trinajstić information content (AvgIpc) is 2.35. The van der Waals surface area contributed by atoms with Gasteiger partial charge in [-0.2, -0.15) is 0 Å². The Morgan fingerprint density at radius 3 is 2.76 bits per heavy atom. The van der Waals surface area contributed by atoms with Crippen molar-refractivity contribution in [2.75, 3.05) is 19.6 Å². The zero-order valence-electron chi connectivity index (χ0n) is 10.6. The summed E-state index contributed by atoms with van der Waals surface area (Å²) in [5.74, 6) is 0.209. The summed E-state index contributed by atoms with van der Waals surface area (Å²) in [6, 6.07) is 10.6. The summed E-state index contributed by atoms with van der Waals surface area (Å²) in [7, 11) is 0. The van der Waals surface area contributed by atoms with Gasteiger partial charge >= 0.3 is 0 Å². The minimum atomic E-state index is -0.583. The standard InChI is InChI=1S/C15H22FN/c1-13-12-17(11-9-15(13)16)10-5-8-14-6-3-2-4-7-14/h2-4,6-7,13,15H,5,8-12H2,1H3. The summed E-state index contributed by atoms with van der Waals surface area (Å²) in [5, 5.41) is 0. The zero-order chi connectivity index (χ0) is 12.1. The van der Waals surface area contributed by atoms with Crippen LogP contribution in [0.4, 0.5) is 4.39 Å². The van der Waals surface area contributed by atoms with Crippen molar-refractivity contribution < 1.29 is 4.39 Å². The molecule has 1 saturated heterocycles. The monoisotopic (exact) mass is 235 g/mol. The third-order valence-corrected chi connectivity index (χ3v) is 3.67. The molecule has 1 aromatic rings. The molecular weight excluding hydrogens is 213 g/mol. The smallest absolute Gasteiger partial charge is 0.105 e. The Bertz CT molecular complexity index is 325. The van der Waals surface area contributed by atoms with Gasteiger partial charge in [0.2, 0.25) is 0 Å². The van der Waals surface area contributed by atoms with Gasteiger partial charge in [-0.3, -0.25) is 0 Å². The highest BCUT2D eigenvalue weighted by Crippen LogP contribution is 2.19. The number of hydrogen-bond acceptors (Lipinski definition) is 1. The van der Waals surface area contributed by atoms with Crippen LogP contribution in [0, 0.1) is 5.92 Å². The van der Waals surface area contributed by atoms with E-state index in [1.807, 2.05) is 6.92 Å². The van der Waals surface area contributed by atoms with Crippen LogP contribution in [0.3, 0.4) is 0 Å². The number of benzene rings is 1. The summed E-state index contributed by atoms with van der Waals surface area (Å²) in [4.78, 5) is 2.41. The van der Waals surface area contributed by atoms with Gasteiger partial charge in [0, 0.05) is 19.0 Å². The predicted octanol–water partition coefficient (Wildman–Crippen LogP) is 3.30. The van der Waals surface area contributed by atoms with Crippen LogP contribution in [-0.2, 0) is 6.42 Å². The van der Waals surface area contributed by atoms with E-state index in [9.17, 15) is 4.39 Å². The molecule has 0 radical (unpaired) electrons. The molecule has 0 aliphatic carbocycles. The third kappa shape index (κ3) is 3.81. The molecule has 0 bridgehead atoms. The number of rotatable bonds is 4. The van der Waals surface area contributed by atoms with Crippen molar-refractivity contribution in [3.05, 3.63) is 35.9 Å². The SMILES string of the molecule is CC1CN(CCCc2ccccc2)CCC1F. The van der Waals surface area contributed by atoms with E-state index < -0.39 is 6.17 Å². The molecule has 1 aliphatic heterocycles. The van der Waals surface area contributed by atoms with E-state index in [2.05, 4.69) is 35.2 Å². The first kappa shape index (κ1) is 12.6. The molecule has 0 N–H and O–H groups in total. The Labute approximate surface area is 104 Å². The van der Waals surface area contributed by atoms with Crippen molar-refractivity contribution in [3.63, 3.8) is 0 Å². The first-order valence-electron chi connectivity index (χ1n) is 6.66. The second kappa shape index (κ2) is 6.15. The predicted molar refractivity (Wildman–Crippen MR) is 69.9 cm³/mol. The molecule has 1 aromatic carbocycles. The van der Waals surface area contributed by atoms with E-state index >= 15 is 0 Å². The molecule has 1 aliphatic rings. The Balaban J connectivity index is 1.69. The Hall–Kier alpha value is -0.890. The molecule has 1 fully saturated rings. The third-order valence-electron chi connectivity index (χ3n) is 3.67. The lowest BCUT2D eigenvalue weighted by Crippen LogP contribution is -2.40. The zero-order valence-corrected chi connectivity index (χ0v) is 10.6. The first-order valence-corrected chi connectivity index (χ1v) is 6.66. The highest BCUT2D eigenvalue weighted by molar-refractivity contribution is 5.14. The number of nitrogens with zero attached hydrogens (tertiary/aromatic N) is 1. The summed E-state index contributed by atoms with van der Waals surface area (Å²) in [6.07, 6.45) is 2.44. The van der Waals surface area contributed by atoms with Gasteiger partial charge < -0.3 is 4.90 Å². The second-order valence-electron chi connectivity index (χ2n) is 5.17. The number of likely N-dealkylation sites (tertiary alicyclic amines) is 1. The first-order chi connectivity index (χ1) is 8.25. The number of aryl methyl sites for hydroxylation is 1. The lowest BCUT2D eigenvalue weighted by atomic mass is 9.97. The van der Waals surface area contributed by atoms with Crippen LogP contribution in [0.15, 0.2) is 30.3 Å². The molecule has 94 valence electrons. The summed E-state index contributed by atoms with van der Waals surface area (Å²) in [6.45, 7) is 4.98. The topological polar surface area (TPSA) is 3.24 Å². The van der Waals surface area contributed by atoms with Gasteiger partial charge in [-0.05, 0) is 31.4 Å². The highest BCUT2D eigenvalue weighted by atomic mass is 19.1. The largest absolute Gasteiger partial charge is 0.303 e. The van der Waals surface area contributed by atoms with Gasteiger partial charge in [0.15, 0.2) is 0 Å². The molecule has 1 nitrogen and oxygen atoms in total. The van der Waals surface area contributed by atoms with Crippen LogP contribution in [-0.4, -0.2) is 30.7 Å². The Morgan fingerprint density at radius 1 is 1.29 bits per heavy atom. The molecule has 0 saturated carbocycles. The van der Waals surface area contributed by atoms with Gasteiger partial charge in [-0.15, -0.1) is 0 Å². The van der Waals surface area contributed by atoms with Gasteiger partial charge in [0.25, 0.3) is 0 Å². The molecule has 17 heavy (non-hydrogen) atoms. The van der Waals surface area contributed by atoms with Crippen molar-refractivity contribution >= 4 is 0 Å². The highest BCUT2D eigenvalue weighted by Gasteiger charge is 2.24. The quantitative estimate of drug-likeness (QED) is 0.774. The molecule has 0 spiro atoms. The Morgan fingerprint density at radius 2 is 2.06 bits per heavy atom. The normalized spacial score (nSPS) is 26.0. The van der Waals surface area contributed by atoms with Crippen LogP contribution in [0.2, 0.25) is 0 Å². The van der Waals surface area contributed by atoms with E-state index in [1.54, 1.807) is 0 Å². The molecule has 0 aromatic heterocycles. The Kier molecular flexibility index (Phi) is 4.55. The summed E-state index contributed by atoms with van der Waals surface area (Å²) in [5.41, 5.74) is 1.40. The molecule has 2 heteroatoms. The van der Waals surface area contributed by atoms with E-state index in [1.165, 1.54) is 12.0 Å². The molecule has 0 amide bonds. The van der Waals surface area contributed by atoms with Crippen molar-refractivity contribution in [3.8, 4) is 0 Å². The fraction of sp³-hybridized carbons (Fsp3) is 0.600. The lowest BCUT2D eigenvalue weighted by molar-refractivity contribution is 0.0968. The fourth-order valence-corrected chi connectivity index (χ4v) is 2.56. The van der Waals surface area contributed by atoms with Gasteiger partial charge in [-0.1, -0.05) is 37.3 Å². The molecule has 1 heterocycles. The van der Waals surface area contributed by atoms with Crippen molar-refractivity contribution in [1.29, 1.82) is 0 Å². The average molecular weight is 235 g/mol. The molecular formula is C15H22FN. The maximum absolute atomic E-state index is 13.3. The maximum Gasteiger partial charge on any atom is 0.105 e. The second-order valence-corrected chi connectivity index (χ2v) is 5.17. The van der Waals surface area contributed by atoms with Gasteiger partial charge in [0.1, 0.15) is 6.17 Å². The van der Waals surface area contributed by atoms with Crippen LogP contribution in [0.25, 0.3) is 0 Å². The van der Waals surface area contributed by atoms with E-state index in [0.717, 1.165) is 26.1 Å². The lowest BCUT2D eigenvalue weighted by Gasteiger charge is -2.33. The maximum atomic E-state index is 13.3. The minimum Gasteiger partial charge on any atom is -0.303 e. The number of alkyl halides is 1. The van der Waals surface area contributed by atoms with Crippen LogP contribution >= 0.6 is 0 Å². The van der Waals surface area contributed by atoms with E-state index in [-0.39, 0.29) is 5.92 Å². The van der Waals surface area contributed by atoms with Crippen molar-refractivity contribution in [2.24, 2.45) is 5.92 Å². The van der Waals surface area contributed by atoms with Gasteiger partial charge in [0.05, 0.1) is 0 Å². The number of halogens is 1. The van der Waals surface area contributed by atoms with E-state index in [4.69, 9.17) is 0 Å². The van der Waals surface area contributed by atoms with Crippen molar-refractivity contribution in [1.82, 2.24) is 4.90 Å². The molecule has 2 atom stereocenters.